The Labute approximate surface area is 118 Å². The Morgan fingerprint density at radius 3 is 2.14 bits per heavy atom. The first-order valence-electron chi connectivity index (χ1n) is 6.01. The number of hydrogen-bond donors (Lipinski definition) is 0. The van der Waals surface area contributed by atoms with E-state index in [9.17, 15) is 22.4 Å². The normalized spacial score (nSPS) is 12.3. The van der Waals surface area contributed by atoms with Crippen LogP contribution in [0.5, 0.6) is 0 Å². The van der Waals surface area contributed by atoms with E-state index in [0.717, 1.165) is 24.3 Å². The second-order valence-corrected chi connectivity index (χ2v) is 4.31. The lowest BCUT2D eigenvalue weighted by atomic mass is 10.0. The number of allylic oxidation sites excluding steroid dienone is 1. The van der Waals surface area contributed by atoms with Crippen LogP contribution in [0, 0.1) is 5.82 Å². The van der Waals surface area contributed by atoms with Crippen LogP contribution in [0.15, 0.2) is 48.5 Å². The zero-order valence-electron chi connectivity index (χ0n) is 10.7. The number of carbonyl (C=O) groups is 1. The van der Waals surface area contributed by atoms with E-state index < -0.39 is 17.6 Å². The summed E-state index contributed by atoms with van der Waals surface area (Å²) in [6.07, 6.45) is -2.92. The Kier molecular flexibility index (Phi) is 4.21. The molecule has 0 aliphatic rings. The number of hydrogen-bond acceptors (Lipinski definition) is 1. The van der Waals surface area contributed by atoms with E-state index in [1.165, 1.54) is 30.3 Å². The van der Waals surface area contributed by atoms with Crippen LogP contribution in [0.2, 0.25) is 0 Å². The predicted molar refractivity (Wildman–Crippen MR) is 71.8 cm³/mol. The fourth-order valence-electron chi connectivity index (χ4n) is 1.88. The summed E-state index contributed by atoms with van der Waals surface area (Å²) < 4.78 is 51.5. The lowest BCUT2D eigenvalue weighted by Gasteiger charge is -2.10. The van der Waals surface area contributed by atoms with E-state index in [1.54, 1.807) is 0 Å². The molecular weight excluding hydrogens is 284 g/mol. The average Bonchev–Trinajstić information content (AvgIpc) is 2.45. The lowest BCUT2D eigenvalue weighted by Crippen LogP contribution is -2.07. The summed E-state index contributed by atoms with van der Waals surface area (Å²) in [6.45, 7) is 0. The minimum absolute atomic E-state index is 0.0479. The minimum atomic E-state index is -4.51. The van der Waals surface area contributed by atoms with Crippen molar-refractivity contribution < 1.29 is 22.4 Å². The van der Waals surface area contributed by atoms with Gasteiger partial charge in [-0.2, -0.15) is 13.2 Å². The van der Waals surface area contributed by atoms with Crippen molar-refractivity contribution in [2.45, 2.75) is 6.18 Å². The molecule has 21 heavy (non-hydrogen) atoms. The molecule has 0 atom stereocenters. The van der Waals surface area contributed by atoms with Gasteiger partial charge in [0.25, 0.3) is 0 Å². The Hall–Kier alpha value is -2.43. The van der Waals surface area contributed by atoms with Crippen molar-refractivity contribution in [2.24, 2.45) is 0 Å². The third-order valence-corrected chi connectivity index (χ3v) is 2.88. The van der Waals surface area contributed by atoms with Gasteiger partial charge in [-0.3, -0.25) is 4.79 Å². The van der Waals surface area contributed by atoms with Gasteiger partial charge in [-0.1, -0.05) is 30.3 Å². The Balaban J connectivity index is 2.51. The van der Waals surface area contributed by atoms with Crippen LogP contribution >= 0.6 is 0 Å². The minimum Gasteiger partial charge on any atom is -0.298 e. The van der Waals surface area contributed by atoms with E-state index in [1.807, 2.05) is 0 Å². The van der Waals surface area contributed by atoms with Crippen LogP contribution in [0.3, 0.4) is 0 Å². The van der Waals surface area contributed by atoms with Crippen molar-refractivity contribution in [3.63, 3.8) is 0 Å². The zero-order valence-corrected chi connectivity index (χ0v) is 10.7. The van der Waals surface area contributed by atoms with Crippen molar-refractivity contribution in [2.75, 3.05) is 0 Å². The molecule has 0 unspecified atom stereocenters. The van der Waals surface area contributed by atoms with Gasteiger partial charge in [0.15, 0.2) is 6.29 Å². The number of rotatable bonds is 3. The van der Waals surface area contributed by atoms with Crippen molar-refractivity contribution in [3.05, 3.63) is 71.0 Å². The molecule has 0 fully saturated rings. The predicted octanol–water partition coefficient (Wildman–Crippen LogP) is 4.58. The van der Waals surface area contributed by atoms with Crippen molar-refractivity contribution in [3.8, 4) is 0 Å². The molecule has 0 saturated heterocycles. The highest BCUT2D eigenvalue weighted by atomic mass is 19.4. The van der Waals surface area contributed by atoms with Crippen molar-refractivity contribution >= 4 is 17.9 Å². The summed E-state index contributed by atoms with van der Waals surface area (Å²) in [5, 5.41) is 0. The molecule has 1 nitrogen and oxygen atoms in total. The molecule has 0 aromatic heterocycles. The maximum absolute atomic E-state index is 12.9. The van der Waals surface area contributed by atoms with Gasteiger partial charge in [0.2, 0.25) is 0 Å². The molecular formula is C16H10F4O. The quantitative estimate of drug-likeness (QED) is 0.350. The molecule has 0 radical (unpaired) electrons. The van der Waals surface area contributed by atoms with E-state index in [4.69, 9.17) is 0 Å². The molecule has 2 aromatic carbocycles. The van der Waals surface area contributed by atoms with Crippen molar-refractivity contribution in [1.82, 2.24) is 0 Å². The van der Waals surface area contributed by atoms with E-state index in [0.29, 0.717) is 11.8 Å². The van der Waals surface area contributed by atoms with Gasteiger partial charge in [-0.15, -0.1) is 0 Å². The number of alkyl halides is 3. The Morgan fingerprint density at radius 2 is 1.57 bits per heavy atom. The summed E-state index contributed by atoms with van der Waals surface area (Å²) in [4.78, 5) is 11.1. The third kappa shape index (κ3) is 3.56. The van der Waals surface area contributed by atoms with E-state index >= 15 is 0 Å². The first kappa shape index (κ1) is 15.0. The Bertz CT molecular complexity index is 669. The molecule has 0 N–H and O–H groups in total. The second kappa shape index (κ2) is 5.91. The van der Waals surface area contributed by atoms with Crippen LogP contribution < -0.4 is 0 Å². The topological polar surface area (TPSA) is 17.1 Å². The van der Waals surface area contributed by atoms with Crippen LogP contribution in [-0.2, 0) is 11.0 Å². The SMILES string of the molecule is O=CC(=Cc1ccccc1C(F)(F)F)c1ccc(F)cc1. The van der Waals surface area contributed by atoms with Crippen LogP contribution in [0.4, 0.5) is 17.6 Å². The highest BCUT2D eigenvalue weighted by molar-refractivity contribution is 6.13. The molecule has 0 aliphatic heterocycles. The van der Waals surface area contributed by atoms with Gasteiger partial charge in [-0.25, -0.2) is 4.39 Å². The molecule has 2 aromatic rings. The van der Waals surface area contributed by atoms with Gasteiger partial charge in [0.05, 0.1) is 5.56 Å². The van der Waals surface area contributed by atoms with Gasteiger partial charge in [-0.05, 0) is 35.4 Å². The zero-order chi connectivity index (χ0) is 15.5. The van der Waals surface area contributed by atoms with Crippen LogP contribution in [0.1, 0.15) is 16.7 Å². The Morgan fingerprint density at radius 1 is 0.952 bits per heavy atom. The first-order chi connectivity index (χ1) is 9.91. The third-order valence-electron chi connectivity index (χ3n) is 2.88. The summed E-state index contributed by atoms with van der Waals surface area (Å²) in [6, 6.07) is 9.91. The van der Waals surface area contributed by atoms with Crippen molar-refractivity contribution in [1.29, 1.82) is 0 Å². The highest BCUT2D eigenvalue weighted by Crippen LogP contribution is 2.33. The molecule has 108 valence electrons. The number of carbonyl (C=O) groups excluding carboxylic acids is 1. The first-order valence-corrected chi connectivity index (χ1v) is 6.01. The monoisotopic (exact) mass is 294 g/mol. The summed E-state index contributed by atoms with van der Waals surface area (Å²) in [5.74, 6) is -0.486. The van der Waals surface area contributed by atoms with Gasteiger partial charge >= 0.3 is 6.18 Å². The van der Waals surface area contributed by atoms with Gasteiger partial charge in [0.1, 0.15) is 5.82 Å². The molecule has 0 aliphatic carbocycles. The fourth-order valence-corrected chi connectivity index (χ4v) is 1.88. The van der Waals surface area contributed by atoms with E-state index in [-0.39, 0.29) is 11.1 Å². The lowest BCUT2D eigenvalue weighted by molar-refractivity contribution is -0.137. The number of benzene rings is 2. The van der Waals surface area contributed by atoms with Crippen LogP contribution in [0.25, 0.3) is 11.6 Å². The van der Waals surface area contributed by atoms with E-state index in [2.05, 4.69) is 0 Å². The van der Waals surface area contributed by atoms with Crippen LogP contribution in [-0.4, -0.2) is 6.29 Å². The molecule has 0 amide bonds. The average molecular weight is 294 g/mol. The second-order valence-electron chi connectivity index (χ2n) is 4.31. The molecule has 0 saturated carbocycles. The van der Waals surface area contributed by atoms with Gasteiger partial charge < -0.3 is 0 Å². The smallest absolute Gasteiger partial charge is 0.298 e. The number of aldehydes is 1. The summed E-state index contributed by atoms with van der Waals surface area (Å²) >= 11 is 0. The summed E-state index contributed by atoms with van der Waals surface area (Å²) in [5.41, 5.74) is -0.544. The number of halogens is 4. The maximum atomic E-state index is 12.9. The standard InChI is InChI=1S/C16H10F4O/c17-14-7-5-11(6-8-14)13(10-21)9-12-3-1-2-4-15(12)16(18,19)20/h1-10H. The molecule has 2 rings (SSSR count). The molecule has 0 spiro atoms. The van der Waals surface area contributed by atoms with Gasteiger partial charge in [0, 0.05) is 5.57 Å². The molecule has 0 heterocycles. The molecule has 5 heteroatoms. The largest absolute Gasteiger partial charge is 0.416 e. The molecule has 0 bridgehead atoms. The maximum Gasteiger partial charge on any atom is 0.416 e. The fraction of sp³-hybridized carbons (Fsp3) is 0.0625. The summed E-state index contributed by atoms with van der Waals surface area (Å²) in [7, 11) is 0. The highest BCUT2D eigenvalue weighted by Gasteiger charge is 2.32.